The Bertz CT molecular complexity index is 1720. The zero-order valence-electron chi connectivity index (χ0n) is 23.8. The van der Waals surface area contributed by atoms with Gasteiger partial charge in [-0.05, 0) is 114 Å². The van der Waals surface area contributed by atoms with E-state index in [1.165, 1.54) is 25.5 Å². The summed E-state index contributed by atoms with van der Waals surface area (Å²) >= 11 is 3.49. The maximum absolute atomic E-state index is 13.2. The van der Waals surface area contributed by atoms with Gasteiger partial charge in [0.15, 0.2) is 17.3 Å². The molecule has 2 heterocycles. The second kappa shape index (κ2) is 13.4. The van der Waals surface area contributed by atoms with E-state index in [1.807, 2.05) is 24.3 Å². The number of nitrogens with one attached hydrogen (secondary N) is 1. The van der Waals surface area contributed by atoms with Gasteiger partial charge in [0, 0.05) is 17.1 Å². The summed E-state index contributed by atoms with van der Waals surface area (Å²) < 4.78 is 38.8. The molecule has 0 saturated heterocycles. The van der Waals surface area contributed by atoms with Crippen molar-refractivity contribution in [3.05, 3.63) is 129 Å². The highest BCUT2D eigenvalue weighted by Crippen LogP contribution is 2.37. The maximum Gasteiger partial charge on any atom is 0.307 e. The summed E-state index contributed by atoms with van der Waals surface area (Å²) in [6.45, 7) is 4.53. The smallest absolute Gasteiger partial charge is 0.307 e. The summed E-state index contributed by atoms with van der Waals surface area (Å²) in [4.78, 5) is 12.6. The fourth-order valence-corrected chi connectivity index (χ4v) is 4.98. The van der Waals surface area contributed by atoms with Gasteiger partial charge in [0.25, 0.3) is 0 Å². The Labute approximate surface area is 256 Å². The van der Waals surface area contributed by atoms with Crippen LogP contribution < -0.4 is 19.6 Å². The van der Waals surface area contributed by atoms with E-state index < -0.39 is 5.91 Å². The summed E-state index contributed by atoms with van der Waals surface area (Å²) in [5.41, 5.74) is 7.30. The van der Waals surface area contributed by atoms with Gasteiger partial charge in [-0.15, -0.1) is 0 Å². The standard InChI is InChI=1S/C33H29BrFN3O5/c1-21-4-5-22(2)38(21)26-10-12-27(13-11-26)41-20-28-14-15-30(43-28)33(39)37-36-18-24-16-29(34)32(31(17-24)40-3)42-19-23-6-8-25(35)9-7-23/h4-18H,19-20H2,1-3H3,(H,37,39)/b36-18+. The number of carbonyl (C=O) groups is 1. The molecule has 1 N–H and O–H groups in total. The van der Waals surface area contributed by atoms with E-state index in [2.05, 4.69) is 57.0 Å². The van der Waals surface area contributed by atoms with Gasteiger partial charge in [0.05, 0.1) is 17.8 Å². The highest BCUT2D eigenvalue weighted by molar-refractivity contribution is 9.10. The quantitative estimate of drug-likeness (QED) is 0.119. The predicted octanol–water partition coefficient (Wildman–Crippen LogP) is 7.52. The first-order valence-corrected chi connectivity index (χ1v) is 14.1. The third-order valence-corrected chi connectivity index (χ3v) is 7.15. The summed E-state index contributed by atoms with van der Waals surface area (Å²) in [5, 5.41) is 4.04. The van der Waals surface area contributed by atoms with E-state index in [9.17, 15) is 9.18 Å². The van der Waals surface area contributed by atoms with E-state index in [4.69, 9.17) is 18.6 Å². The SMILES string of the molecule is COc1cc(/C=N/NC(=O)c2ccc(COc3ccc(-n4c(C)ccc4C)cc3)o2)cc(Br)c1OCc1ccc(F)cc1. The molecule has 43 heavy (non-hydrogen) atoms. The fraction of sp³-hybridized carbons (Fsp3) is 0.152. The van der Waals surface area contributed by atoms with Crippen molar-refractivity contribution in [3.63, 3.8) is 0 Å². The minimum Gasteiger partial charge on any atom is -0.493 e. The Kier molecular flexibility index (Phi) is 9.26. The van der Waals surface area contributed by atoms with Crippen molar-refractivity contribution < 1.29 is 27.8 Å². The molecule has 5 aromatic rings. The van der Waals surface area contributed by atoms with Gasteiger partial charge in [-0.25, -0.2) is 9.82 Å². The minimum absolute atomic E-state index is 0.105. The average molecular weight is 647 g/mol. The van der Waals surface area contributed by atoms with E-state index in [0.29, 0.717) is 33.0 Å². The van der Waals surface area contributed by atoms with Crippen LogP contribution >= 0.6 is 15.9 Å². The molecule has 1 amide bonds. The summed E-state index contributed by atoms with van der Waals surface area (Å²) in [7, 11) is 1.52. The van der Waals surface area contributed by atoms with E-state index in [-0.39, 0.29) is 24.8 Å². The normalized spacial score (nSPS) is 11.1. The highest BCUT2D eigenvalue weighted by Gasteiger charge is 2.13. The second-order valence-electron chi connectivity index (χ2n) is 9.65. The number of ether oxygens (including phenoxy) is 3. The molecule has 0 aliphatic heterocycles. The number of rotatable bonds is 11. The molecule has 0 spiro atoms. The Hall–Kier alpha value is -4.83. The number of benzene rings is 3. The van der Waals surface area contributed by atoms with Crippen LogP contribution in [0.25, 0.3) is 5.69 Å². The lowest BCUT2D eigenvalue weighted by Gasteiger charge is -2.13. The topological polar surface area (TPSA) is 87.2 Å². The van der Waals surface area contributed by atoms with Gasteiger partial charge in [-0.1, -0.05) is 12.1 Å². The molecule has 0 saturated carbocycles. The van der Waals surface area contributed by atoms with Crippen LogP contribution in [0, 0.1) is 19.7 Å². The van der Waals surface area contributed by atoms with E-state index in [1.54, 1.807) is 36.4 Å². The lowest BCUT2D eigenvalue weighted by Crippen LogP contribution is -2.16. The molecule has 2 aromatic heterocycles. The molecule has 0 radical (unpaired) electrons. The molecular formula is C33H29BrFN3O5. The monoisotopic (exact) mass is 645 g/mol. The molecule has 3 aromatic carbocycles. The van der Waals surface area contributed by atoms with Crippen LogP contribution in [-0.2, 0) is 13.2 Å². The third-order valence-electron chi connectivity index (χ3n) is 6.56. The Morgan fingerprint density at radius 2 is 1.67 bits per heavy atom. The van der Waals surface area contributed by atoms with Crippen molar-refractivity contribution >= 4 is 28.1 Å². The maximum atomic E-state index is 13.2. The number of hydrogen-bond acceptors (Lipinski definition) is 6. The number of halogens is 2. The zero-order valence-corrected chi connectivity index (χ0v) is 25.4. The van der Waals surface area contributed by atoms with Gasteiger partial charge in [-0.3, -0.25) is 4.79 Å². The largest absolute Gasteiger partial charge is 0.493 e. The number of carbonyl (C=O) groups excluding carboxylic acids is 1. The number of furan rings is 1. The number of aryl methyl sites for hydroxylation is 2. The van der Waals surface area contributed by atoms with Crippen LogP contribution in [-0.4, -0.2) is 23.8 Å². The molecule has 0 bridgehead atoms. The Morgan fingerprint density at radius 1 is 0.953 bits per heavy atom. The molecular weight excluding hydrogens is 617 g/mol. The number of nitrogens with zero attached hydrogens (tertiary/aromatic N) is 2. The lowest BCUT2D eigenvalue weighted by molar-refractivity contribution is 0.0923. The molecule has 0 unspecified atom stereocenters. The molecule has 5 rings (SSSR count). The molecule has 0 aliphatic carbocycles. The number of hydrogen-bond donors (Lipinski definition) is 1. The van der Waals surface area contributed by atoms with E-state index >= 15 is 0 Å². The van der Waals surface area contributed by atoms with E-state index in [0.717, 1.165) is 22.6 Å². The van der Waals surface area contributed by atoms with Gasteiger partial charge < -0.3 is 23.2 Å². The third kappa shape index (κ3) is 7.34. The van der Waals surface area contributed by atoms with Crippen molar-refractivity contribution in [2.24, 2.45) is 5.10 Å². The molecule has 0 atom stereocenters. The molecule has 0 fully saturated rings. The van der Waals surface area contributed by atoms with Crippen molar-refractivity contribution in [3.8, 4) is 22.9 Å². The van der Waals surface area contributed by atoms with Gasteiger partial charge in [-0.2, -0.15) is 5.10 Å². The van der Waals surface area contributed by atoms with Crippen LogP contribution in [0.1, 0.15) is 38.8 Å². The van der Waals surface area contributed by atoms with Crippen LogP contribution in [0.2, 0.25) is 0 Å². The average Bonchev–Trinajstić information content (AvgIpc) is 3.62. The molecule has 8 nitrogen and oxygen atoms in total. The zero-order chi connectivity index (χ0) is 30.3. The van der Waals surface area contributed by atoms with Gasteiger partial charge >= 0.3 is 5.91 Å². The summed E-state index contributed by atoms with van der Waals surface area (Å²) in [6.07, 6.45) is 1.47. The van der Waals surface area contributed by atoms with Gasteiger partial charge in [0.2, 0.25) is 0 Å². The molecule has 0 aliphatic rings. The van der Waals surface area contributed by atoms with Crippen molar-refractivity contribution in [2.45, 2.75) is 27.1 Å². The summed E-state index contributed by atoms with van der Waals surface area (Å²) in [6, 6.07) is 24.8. The number of aromatic nitrogens is 1. The van der Waals surface area contributed by atoms with Crippen LogP contribution in [0.4, 0.5) is 4.39 Å². The van der Waals surface area contributed by atoms with Gasteiger partial charge in [0.1, 0.15) is 30.5 Å². The summed E-state index contributed by atoms with van der Waals surface area (Å²) in [5.74, 6) is 1.43. The molecule has 220 valence electrons. The van der Waals surface area contributed by atoms with Crippen molar-refractivity contribution in [2.75, 3.05) is 7.11 Å². The second-order valence-corrected chi connectivity index (χ2v) is 10.5. The van der Waals surface area contributed by atoms with Crippen molar-refractivity contribution in [1.82, 2.24) is 9.99 Å². The number of methoxy groups -OCH3 is 1. The van der Waals surface area contributed by atoms with Crippen LogP contribution in [0.3, 0.4) is 0 Å². The fourth-order valence-electron chi connectivity index (χ4n) is 4.41. The highest BCUT2D eigenvalue weighted by atomic mass is 79.9. The first-order chi connectivity index (χ1) is 20.8. The Balaban J connectivity index is 1.14. The predicted molar refractivity (Wildman–Crippen MR) is 165 cm³/mol. The minimum atomic E-state index is -0.505. The first kappa shape index (κ1) is 29.7. The molecule has 10 heteroatoms. The first-order valence-electron chi connectivity index (χ1n) is 13.4. The van der Waals surface area contributed by atoms with Crippen LogP contribution in [0.5, 0.6) is 17.2 Å². The van der Waals surface area contributed by atoms with Crippen molar-refractivity contribution in [1.29, 1.82) is 0 Å². The Morgan fingerprint density at radius 3 is 2.37 bits per heavy atom. The number of hydrazone groups is 1. The van der Waals surface area contributed by atoms with Crippen LogP contribution in [0.15, 0.2) is 98.9 Å². The number of amides is 1. The lowest BCUT2D eigenvalue weighted by atomic mass is 10.2.